The van der Waals surface area contributed by atoms with Crippen LogP contribution in [0.2, 0.25) is 0 Å². The number of Topliss-reactive ketones (excluding diaryl/α,β-unsaturated/α-hetero) is 1. The third kappa shape index (κ3) is 5.45. The number of hydrogen-bond donors (Lipinski definition) is 1. The van der Waals surface area contributed by atoms with E-state index in [1.54, 1.807) is 11.3 Å². The molecule has 0 spiro atoms. The van der Waals surface area contributed by atoms with Crippen LogP contribution in [0.25, 0.3) is 0 Å². The van der Waals surface area contributed by atoms with Gasteiger partial charge in [-0.25, -0.2) is 4.98 Å². The van der Waals surface area contributed by atoms with Crippen molar-refractivity contribution in [3.05, 3.63) is 40.9 Å². The fourth-order valence-electron chi connectivity index (χ4n) is 3.72. The molecule has 1 N–H and O–H groups in total. The van der Waals surface area contributed by atoms with Crippen molar-refractivity contribution in [2.45, 2.75) is 55.5 Å². The molecule has 2 aromatic heterocycles. The van der Waals surface area contributed by atoms with Crippen LogP contribution in [-0.2, 0) is 11.2 Å². The van der Waals surface area contributed by atoms with Crippen LogP contribution in [0.5, 0.6) is 0 Å². The third-order valence-electron chi connectivity index (χ3n) is 5.63. The predicted molar refractivity (Wildman–Crippen MR) is 128 cm³/mol. The first-order chi connectivity index (χ1) is 15.6. The van der Waals surface area contributed by atoms with Gasteiger partial charge in [-0.3, -0.25) is 10.1 Å². The number of carbonyl (C=O) groups is 1. The van der Waals surface area contributed by atoms with Crippen LogP contribution >= 0.6 is 23.1 Å². The number of nitrogens with zero attached hydrogens (tertiary/aromatic N) is 5. The number of piperidine rings is 1. The number of nitrogens with one attached hydrogen (secondary N) is 1. The van der Waals surface area contributed by atoms with Crippen LogP contribution in [0.4, 0.5) is 17.0 Å². The molecule has 2 fully saturated rings. The monoisotopic (exact) mass is 466 g/mol. The fraction of sp³-hybridized carbons (Fsp3) is 0.435. The van der Waals surface area contributed by atoms with Gasteiger partial charge in [0.2, 0.25) is 11.9 Å². The second-order valence-corrected chi connectivity index (χ2v) is 10.6. The number of thiazole rings is 1. The van der Waals surface area contributed by atoms with Crippen molar-refractivity contribution in [3.63, 3.8) is 0 Å². The summed E-state index contributed by atoms with van der Waals surface area (Å²) in [6.45, 7) is 3.96. The van der Waals surface area contributed by atoms with Gasteiger partial charge in [-0.2, -0.15) is 15.0 Å². The lowest BCUT2D eigenvalue weighted by molar-refractivity contribution is -0.119. The SMILES string of the molecule is Cc1cnc(Nc2nc(Sc3ccc(CC(=O)C4CC4)cc3)nc(N3CCCCC3)n2)s1. The molecule has 166 valence electrons. The molecule has 3 heterocycles. The van der Waals surface area contributed by atoms with Crippen molar-refractivity contribution in [1.82, 2.24) is 19.9 Å². The number of anilines is 3. The molecule has 0 radical (unpaired) electrons. The van der Waals surface area contributed by atoms with Crippen LogP contribution in [0.1, 0.15) is 42.5 Å². The Morgan fingerprint density at radius 3 is 2.59 bits per heavy atom. The molecule has 0 unspecified atom stereocenters. The summed E-state index contributed by atoms with van der Waals surface area (Å²) in [5.74, 6) is 1.89. The Balaban J connectivity index is 1.35. The zero-order valence-corrected chi connectivity index (χ0v) is 19.7. The highest BCUT2D eigenvalue weighted by Crippen LogP contribution is 2.32. The second-order valence-electron chi connectivity index (χ2n) is 8.35. The lowest BCUT2D eigenvalue weighted by Gasteiger charge is -2.26. The Morgan fingerprint density at radius 1 is 1.12 bits per heavy atom. The van der Waals surface area contributed by atoms with Crippen LogP contribution in [-0.4, -0.2) is 38.8 Å². The molecule has 2 aliphatic rings. The maximum atomic E-state index is 12.1. The minimum Gasteiger partial charge on any atom is -0.341 e. The molecule has 9 heteroatoms. The summed E-state index contributed by atoms with van der Waals surface area (Å²) < 4.78 is 0. The van der Waals surface area contributed by atoms with Gasteiger partial charge in [-0.15, -0.1) is 11.3 Å². The van der Waals surface area contributed by atoms with E-state index in [0.29, 0.717) is 35.2 Å². The molecule has 32 heavy (non-hydrogen) atoms. The fourth-order valence-corrected chi connectivity index (χ4v) is 5.12. The molecular weight excluding hydrogens is 440 g/mol. The summed E-state index contributed by atoms with van der Waals surface area (Å²) in [7, 11) is 0. The van der Waals surface area contributed by atoms with E-state index >= 15 is 0 Å². The normalized spacial score (nSPS) is 16.2. The van der Waals surface area contributed by atoms with E-state index in [4.69, 9.17) is 4.98 Å². The topological polar surface area (TPSA) is 83.9 Å². The molecule has 1 aliphatic carbocycles. The summed E-state index contributed by atoms with van der Waals surface area (Å²) in [6, 6.07) is 8.16. The van der Waals surface area contributed by atoms with E-state index in [-0.39, 0.29) is 0 Å². The Kier molecular flexibility index (Phi) is 6.36. The number of aryl methyl sites for hydroxylation is 1. The summed E-state index contributed by atoms with van der Waals surface area (Å²) in [6.07, 6.45) is 8.05. The zero-order chi connectivity index (χ0) is 21.9. The first-order valence-electron chi connectivity index (χ1n) is 11.1. The Morgan fingerprint density at radius 2 is 1.91 bits per heavy atom. The van der Waals surface area contributed by atoms with Gasteiger partial charge in [0.05, 0.1) is 0 Å². The first kappa shape index (κ1) is 21.3. The molecule has 3 aromatic rings. The van der Waals surface area contributed by atoms with Crippen molar-refractivity contribution in [2.24, 2.45) is 5.92 Å². The molecule has 1 saturated carbocycles. The van der Waals surface area contributed by atoms with Crippen LogP contribution in [0.15, 0.2) is 40.5 Å². The van der Waals surface area contributed by atoms with Gasteiger partial charge in [-0.05, 0) is 68.5 Å². The van der Waals surface area contributed by atoms with E-state index in [1.165, 1.54) is 18.2 Å². The number of aromatic nitrogens is 4. The summed E-state index contributed by atoms with van der Waals surface area (Å²) in [4.78, 5) is 34.9. The number of benzene rings is 1. The average molecular weight is 467 g/mol. The van der Waals surface area contributed by atoms with E-state index in [1.807, 2.05) is 37.4 Å². The smallest absolute Gasteiger partial charge is 0.234 e. The molecule has 5 rings (SSSR count). The molecule has 1 aromatic carbocycles. The highest BCUT2D eigenvalue weighted by Gasteiger charge is 2.29. The Labute approximate surface area is 196 Å². The number of ketones is 1. The van der Waals surface area contributed by atoms with E-state index in [0.717, 1.165) is 59.2 Å². The quantitative estimate of drug-likeness (QED) is 0.494. The van der Waals surface area contributed by atoms with E-state index in [2.05, 4.69) is 25.2 Å². The number of carbonyl (C=O) groups excluding carboxylic acids is 1. The lowest BCUT2D eigenvalue weighted by Crippen LogP contribution is -2.31. The van der Waals surface area contributed by atoms with Crippen LogP contribution < -0.4 is 10.2 Å². The maximum Gasteiger partial charge on any atom is 0.234 e. The van der Waals surface area contributed by atoms with E-state index < -0.39 is 0 Å². The van der Waals surface area contributed by atoms with Gasteiger partial charge >= 0.3 is 0 Å². The molecule has 1 aliphatic heterocycles. The third-order valence-corrected chi connectivity index (χ3v) is 7.33. The second kappa shape index (κ2) is 9.54. The molecule has 1 saturated heterocycles. The average Bonchev–Trinajstić information content (AvgIpc) is 3.58. The van der Waals surface area contributed by atoms with Gasteiger partial charge in [0.25, 0.3) is 0 Å². The van der Waals surface area contributed by atoms with Crippen LogP contribution in [0.3, 0.4) is 0 Å². The highest BCUT2D eigenvalue weighted by atomic mass is 32.2. The largest absolute Gasteiger partial charge is 0.341 e. The number of hydrogen-bond acceptors (Lipinski definition) is 9. The molecule has 7 nitrogen and oxygen atoms in total. The standard InChI is InChI=1S/C23H26N6OS2/c1-15-14-24-22(31-15)26-20-25-21(29-11-3-2-4-12-29)28-23(27-20)32-18-9-5-16(6-10-18)13-19(30)17-7-8-17/h5-6,9-10,14,17H,2-4,7-8,11-13H2,1H3,(H,24,25,26,27,28). The summed E-state index contributed by atoms with van der Waals surface area (Å²) in [5, 5.41) is 4.67. The predicted octanol–water partition coefficient (Wildman–Crippen LogP) is 5.04. The van der Waals surface area contributed by atoms with Gasteiger partial charge in [-0.1, -0.05) is 12.1 Å². The van der Waals surface area contributed by atoms with Crippen molar-refractivity contribution in [3.8, 4) is 0 Å². The van der Waals surface area contributed by atoms with Crippen molar-refractivity contribution in [1.29, 1.82) is 0 Å². The maximum absolute atomic E-state index is 12.1. The van der Waals surface area contributed by atoms with Crippen molar-refractivity contribution < 1.29 is 4.79 Å². The van der Waals surface area contributed by atoms with Gasteiger partial charge in [0.15, 0.2) is 10.3 Å². The lowest BCUT2D eigenvalue weighted by atomic mass is 10.1. The van der Waals surface area contributed by atoms with Gasteiger partial charge in [0.1, 0.15) is 5.78 Å². The zero-order valence-electron chi connectivity index (χ0n) is 18.1. The highest BCUT2D eigenvalue weighted by molar-refractivity contribution is 7.99. The minimum absolute atomic E-state index is 0.301. The number of rotatable bonds is 8. The Hall–Kier alpha value is -2.52. The molecule has 0 amide bonds. The minimum atomic E-state index is 0.301. The van der Waals surface area contributed by atoms with E-state index in [9.17, 15) is 4.79 Å². The van der Waals surface area contributed by atoms with Crippen LogP contribution in [0, 0.1) is 12.8 Å². The summed E-state index contributed by atoms with van der Waals surface area (Å²) in [5.41, 5.74) is 1.07. The van der Waals surface area contributed by atoms with Gasteiger partial charge in [0, 0.05) is 41.4 Å². The van der Waals surface area contributed by atoms with Crippen molar-refractivity contribution in [2.75, 3.05) is 23.3 Å². The Bertz CT molecular complexity index is 1090. The molecular formula is C23H26N6OS2. The van der Waals surface area contributed by atoms with Crippen molar-refractivity contribution >= 4 is 45.9 Å². The molecule has 0 atom stereocenters. The molecule has 0 bridgehead atoms. The van der Waals surface area contributed by atoms with Gasteiger partial charge < -0.3 is 4.90 Å². The first-order valence-corrected chi connectivity index (χ1v) is 12.8. The summed E-state index contributed by atoms with van der Waals surface area (Å²) >= 11 is 3.09.